The summed E-state index contributed by atoms with van der Waals surface area (Å²) in [5, 5.41) is 9.13. The molecule has 0 saturated carbocycles. The molecule has 0 atom stereocenters. The van der Waals surface area contributed by atoms with Crippen molar-refractivity contribution in [2.75, 3.05) is 26.3 Å². The van der Waals surface area contributed by atoms with Crippen molar-refractivity contribution in [2.24, 2.45) is 5.92 Å². The van der Waals surface area contributed by atoms with E-state index in [1.807, 2.05) is 29.2 Å². The van der Waals surface area contributed by atoms with Crippen LogP contribution in [0.3, 0.4) is 0 Å². The summed E-state index contributed by atoms with van der Waals surface area (Å²) in [6.07, 6.45) is 2.72. The summed E-state index contributed by atoms with van der Waals surface area (Å²) < 4.78 is 5.56. The van der Waals surface area contributed by atoms with Crippen LogP contribution in [0.1, 0.15) is 36.5 Å². The van der Waals surface area contributed by atoms with E-state index in [1.165, 1.54) is 0 Å². The van der Waals surface area contributed by atoms with Gasteiger partial charge in [0.1, 0.15) is 5.75 Å². The SMILES string of the molecule is CCCOc1cccc(C(=O)N2CCC(CO)CC2)c1. The average molecular weight is 277 g/mol. The first-order valence-electron chi connectivity index (χ1n) is 7.37. The highest BCUT2D eigenvalue weighted by atomic mass is 16.5. The first-order valence-corrected chi connectivity index (χ1v) is 7.37. The summed E-state index contributed by atoms with van der Waals surface area (Å²) in [6, 6.07) is 7.39. The highest BCUT2D eigenvalue weighted by Gasteiger charge is 2.23. The van der Waals surface area contributed by atoms with Crippen LogP contribution in [-0.2, 0) is 0 Å². The Morgan fingerprint density at radius 3 is 2.80 bits per heavy atom. The molecule has 0 aliphatic carbocycles. The summed E-state index contributed by atoms with van der Waals surface area (Å²) in [5.74, 6) is 1.16. The lowest BCUT2D eigenvalue weighted by molar-refractivity contribution is 0.0650. The maximum Gasteiger partial charge on any atom is 0.253 e. The molecule has 1 fully saturated rings. The van der Waals surface area contributed by atoms with Crippen molar-refractivity contribution in [3.63, 3.8) is 0 Å². The molecule has 1 heterocycles. The zero-order chi connectivity index (χ0) is 14.4. The third kappa shape index (κ3) is 3.73. The largest absolute Gasteiger partial charge is 0.494 e. The number of aliphatic hydroxyl groups is 1. The average Bonchev–Trinajstić information content (AvgIpc) is 2.52. The predicted octanol–water partition coefficient (Wildman–Crippen LogP) is 2.32. The van der Waals surface area contributed by atoms with Gasteiger partial charge in [0.2, 0.25) is 0 Å². The Bertz CT molecular complexity index is 439. The van der Waals surface area contributed by atoms with Crippen molar-refractivity contribution >= 4 is 5.91 Å². The molecule has 4 heteroatoms. The first-order chi connectivity index (χ1) is 9.74. The molecule has 20 heavy (non-hydrogen) atoms. The van der Waals surface area contributed by atoms with E-state index in [9.17, 15) is 4.79 Å². The van der Waals surface area contributed by atoms with E-state index in [1.54, 1.807) is 0 Å². The number of ether oxygens (including phenoxy) is 1. The normalized spacial score (nSPS) is 16.2. The number of nitrogens with zero attached hydrogens (tertiary/aromatic N) is 1. The van der Waals surface area contributed by atoms with E-state index in [0.29, 0.717) is 18.1 Å². The van der Waals surface area contributed by atoms with Crippen LogP contribution in [0.25, 0.3) is 0 Å². The Hall–Kier alpha value is -1.55. The number of rotatable bonds is 5. The smallest absolute Gasteiger partial charge is 0.253 e. The summed E-state index contributed by atoms with van der Waals surface area (Å²) >= 11 is 0. The number of amides is 1. The summed E-state index contributed by atoms with van der Waals surface area (Å²) in [5.41, 5.74) is 0.682. The number of hydrogen-bond donors (Lipinski definition) is 1. The van der Waals surface area contributed by atoms with Gasteiger partial charge in [-0.2, -0.15) is 0 Å². The number of carbonyl (C=O) groups is 1. The third-order valence-electron chi connectivity index (χ3n) is 3.71. The fraction of sp³-hybridized carbons (Fsp3) is 0.562. The van der Waals surface area contributed by atoms with Crippen LogP contribution >= 0.6 is 0 Å². The lowest BCUT2D eigenvalue weighted by atomic mass is 9.97. The van der Waals surface area contributed by atoms with Crippen LogP contribution in [0.4, 0.5) is 0 Å². The molecule has 1 aliphatic rings. The van der Waals surface area contributed by atoms with Crippen LogP contribution in [0.5, 0.6) is 5.75 Å². The number of likely N-dealkylation sites (tertiary alicyclic amines) is 1. The molecule has 110 valence electrons. The minimum atomic E-state index is 0.0586. The zero-order valence-electron chi connectivity index (χ0n) is 12.0. The third-order valence-corrected chi connectivity index (χ3v) is 3.71. The number of carbonyl (C=O) groups excluding carboxylic acids is 1. The van der Waals surface area contributed by atoms with E-state index in [-0.39, 0.29) is 12.5 Å². The quantitative estimate of drug-likeness (QED) is 0.898. The fourth-order valence-corrected chi connectivity index (χ4v) is 2.44. The minimum absolute atomic E-state index is 0.0586. The molecule has 1 aromatic rings. The predicted molar refractivity (Wildman–Crippen MR) is 77.9 cm³/mol. The van der Waals surface area contributed by atoms with Gasteiger partial charge in [0.05, 0.1) is 6.61 Å². The molecule has 0 spiro atoms. The number of benzene rings is 1. The van der Waals surface area contributed by atoms with Gasteiger partial charge in [-0.15, -0.1) is 0 Å². The molecule has 4 nitrogen and oxygen atoms in total. The second-order valence-corrected chi connectivity index (χ2v) is 5.29. The van der Waals surface area contributed by atoms with Crippen LogP contribution in [0, 0.1) is 5.92 Å². The van der Waals surface area contributed by atoms with Gasteiger partial charge in [-0.1, -0.05) is 13.0 Å². The van der Waals surface area contributed by atoms with Gasteiger partial charge in [-0.25, -0.2) is 0 Å². The Morgan fingerprint density at radius 2 is 2.15 bits per heavy atom. The molecular formula is C16H23NO3. The zero-order valence-corrected chi connectivity index (χ0v) is 12.0. The van der Waals surface area contributed by atoms with Crippen molar-refractivity contribution < 1.29 is 14.6 Å². The summed E-state index contributed by atoms with van der Waals surface area (Å²) in [7, 11) is 0. The van der Waals surface area contributed by atoms with Crippen molar-refractivity contribution in [1.82, 2.24) is 4.90 Å². The van der Waals surface area contributed by atoms with Gasteiger partial charge in [-0.3, -0.25) is 4.79 Å². The second kappa shape index (κ2) is 7.29. The maximum atomic E-state index is 12.4. The van der Waals surface area contributed by atoms with Crippen LogP contribution in [0.15, 0.2) is 24.3 Å². The summed E-state index contributed by atoms with van der Waals surface area (Å²) in [4.78, 5) is 14.3. The molecule has 0 unspecified atom stereocenters. The van der Waals surface area contributed by atoms with E-state index in [0.717, 1.165) is 38.1 Å². The number of hydrogen-bond acceptors (Lipinski definition) is 3. The lowest BCUT2D eigenvalue weighted by Gasteiger charge is -2.31. The van der Waals surface area contributed by atoms with Crippen molar-refractivity contribution in [3.8, 4) is 5.75 Å². The minimum Gasteiger partial charge on any atom is -0.494 e. The molecule has 1 N–H and O–H groups in total. The van der Waals surface area contributed by atoms with Gasteiger partial charge in [0.25, 0.3) is 5.91 Å². The fourth-order valence-electron chi connectivity index (χ4n) is 2.44. The number of piperidine rings is 1. The molecular weight excluding hydrogens is 254 g/mol. The van der Waals surface area contributed by atoms with Gasteiger partial charge in [0.15, 0.2) is 0 Å². The van der Waals surface area contributed by atoms with Gasteiger partial charge in [-0.05, 0) is 43.4 Å². The molecule has 0 bridgehead atoms. The molecule has 1 saturated heterocycles. The lowest BCUT2D eigenvalue weighted by Crippen LogP contribution is -2.39. The molecule has 0 aromatic heterocycles. The maximum absolute atomic E-state index is 12.4. The first kappa shape index (κ1) is 14.9. The van der Waals surface area contributed by atoms with E-state index >= 15 is 0 Å². The summed E-state index contributed by atoms with van der Waals surface area (Å²) in [6.45, 7) is 4.40. The van der Waals surface area contributed by atoms with E-state index < -0.39 is 0 Å². The van der Waals surface area contributed by atoms with Crippen LogP contribution in [0.2, 0.25) is 0 Å². The Morgan fingerprint density at radius 1 is 1.40 bits per heavy atom. The molecule has 0 radical (unpaired) electrons. The van der Waals surface area contributed by atoms with E-state index in [4.69, 9.17) is 9.84 Å². The Kier molecular flexibility index (Phi) is 5.41. The highest BCUT2D eigenvalue weighted by Crippen LogP contribution is 2.20. The number of aliphatic hydroxyl groups excluding tert-OH is 1. The second-order valence-electron chi connectivity index (χ2n) is 5.29. The van der Waals surface area contributed by atoms with Crippen molar-refractivity contribution in [3.05, 3.63) is 29.8 Å². The highest BCUT2D eigenvalue weighted by molar-refractivity contribution is 5.94. The van der Waals surface area contributed by atoms with Crippen LogP contribution in [-0.4, -0.2) is 42.2 Å². The monoisotopic (exact) mass is 277 g/mol. The van der Waals surface area contributed by atoms with Crippen molar-refractivity contribution in [2.45, 2.75) is 26.2 Å². The van der Waals surface area contributed by atoms with Gasteiger partial charge >= 0.3 is 0 Å². The molecule has 1 amide bonds. The van der Waals surface area contributed by atoms with Gasteiger partial charge < -0.3 is 14.7 Å². The van der Waals surface area contributed by atoms with Gasteiger partial charge in [0, 0.05) is 25.3 Å². The van der Waals surface area contributed by atoms with E-state index in [2.05, 4.69) is 6.92 Å². The molecule has 2 rings (SSSR count). The molecule has 1 aromatic carbocycles. The van der Waals surface area contributed by atoms with Crippen molar-refractivity contribution in [1.29, 1.82) is 0 Å². The Labute approximate surface area is 120 Å². The molecule has 1 aliphatic heterocycles. The Balaban J connectivity index is 1.98. The topological polar surface area (TPSA) is 49.8 Å². The standard InChI is InChI=1S/C16H23NO3/c1-2-10-20-15-5-3-4-14(11-15)16(19)17-8-6-13(12-18)7-9-17/h3-5,11,13,18H,2,6-10,12H2,1H3. The van der Waals surface area contributed by atoms with Crippen LogP contribution < -0.4 is 4.74 Å².